The molecule has 2 N–H and O–H groups in total. The van der Waals surface area contributed by atoms with Gasteiger partial charge in [0.05, 0.1) is 23.7 Å². The van der Waals surface area contributed by atoms with E-state index >= 15 is 0 Å². The Balaban J connectivity index is 1.74. The predicted molar refractivity (Wildman–Crippen MR) is 97.2 cm³/mol. The summed E-state index contributed by atoms with van der Waals surface area (Å²) < 4.78 is 0. The van der Waals surface area contributed by atoms with E-state index in [9.17, 15) is 39.0 Å². The van der Waals surface area contributed by atoms with Gasteiger partial charge in [0, 0.05) is 11.8 Å². The summed E-state index contributed by atoms with van der Waals surface area (Å²) in [4.78, 5) is 77.1. The smallest absolute Gasteiger partial charge is 0.326 e. The molecule has 0 radical (unpaired) electrons. The summed E-state index contributed by atoms with van der Waals surface area (Å²) in [5.74, 6) is -10.3. The quantitative estimate of drug-likeness (QED) is 0.442. The van der Waals surface area contributed by atoms with E-state index < -0.39 is 83.2 Å². The monoisotopic (exact) mass is 418 g/mol. The maximum atomic E-state index is 13.1. The number of hydrogen-bond acceptors (Lipinski definition) is 6. The molecule has 30 heavy (non-hydrogen) atoms. The molecule has 5 aliphatic rings. The molecule has 6 atom stereocenters. The van der Waals surface area contributed by atoms with E-state index in [0.29, 0.717) is 0 Å². The van der Waals surface area contributed by atoms with Crippen LogP contribution in [0, 0.1) is 35.5 Å². The number of nitrogens with zero attached hydrogens (tertiary/aromatic N) is 2. The molecule has 0 spiro atoms. The fourth-order valence-corrected chi connectivity index (χ4v) is 5.82. The molecule has 10 nitrogen and oxygen atoms in total. The highest BCUT2D eigenvalue weighted by Crippen LogP contribution is 2.58. The molecule has 2 aliphatic heterocycles. The van der Waals surface area contributed by atoms with Gasteiger partial charge in [0.15, 0.2) is 0 Å². The summed E-state index contributed by atoms with van der Waals surface area (Å²) >= 11 is 0. The highest BCUT2D eigenvalue weighted by atomic mass is 16.4. The third-order valence-electron chi connectivity index (χ3n) is 7.05. The van der Waals surface area contributed by atoms with Crippen LogP contribution in [-0.2, 0) is 28.8 Å². The van der Waals surface area contributed by atoms with Gasteiger partial charge in [-0.05, 0) is 12.8 Å². The van der Waals surface area contributed by atoms with Crippen LogP contribution in [0.4, 0.5) is 0 Å². The number of carboxylic acids is 2. The third-order valence-corrected chi connectivity index (χ3v) is 7.05. The Morgan fingerprint density at radius 2 is 1.00 bits per heavy atom. The summed E-state index contributed by atoms with van der Waals surface area (Å²) in [6.07, 6.45) is 3.40. The SMILES string of the molecule is CC[C@@H](C(=O)O)N1C(=O)[C@@H]2C3C=CC([C@@H]2C1=O)[C@@H]1C(=O)N([C@@H](CC)C(=O)O)C(=O)[C@H]31. The summed E-state index contributed by atoms with van der Waals surface area (Å²) in [6.45, 7) is 3.12. The van der Waals surface area contributed by atoms with Gasteiger partial charge >= 0.3 is 11.9 Å². The number of hydrogen-bond donors (Lipinski definition) is 2. The van der Waals surface area contributed by atoms with Gasteiger partial charge in [0.1, 0.15) is 12.1 Å². The fraction of sp³-hybridized carbons (Fsp3) is 0.600. The minimum absolute atomic E-state index is 0.0459. The van der Waals surface area contributed by atoms with Crippen LogP contribution in [0.5, 0.6) is 0 Å². The van der Waals surface area contributed by atoms with Crippen molar-refractivity contribution in [1.82, 2.24) is 9.80 Å². The van der Waals surface area contributed by atoms with Gasteiger partial charge in [-0.15, -0.1) is 0 Å². The molecule has 10 heteroatoms. The second-order valence-electron chi connectivity index (χ2n) is 8.26. The zero-order chi connectivity index (χ0) is 22.1. The van der Waals surface area contributed by atoms with E-state index in [4.69, 9.17) is 0 Å². The summed E-state index contributed by atoms with van der Waals surface area (Å²) in [5.41, 5.74) is 0. The van der Waals surface area contributed by atoms with Gasteiger partial charge in [-0.2, -0.15) is 0 Å². The van der Waals surface area contributed by atoms with Crippen LogP contribution in [0.25, 0.3) is 0 Å². The van der Waals surface area contributed by atoms with E-state index in [-0.39, 0.29) is 12.8 Å². The summed E-state index contributed by atoms with van der Waals surface area (Å²) in [5, 5.41) is 18.9. The molecule has 4 amide bonds. The van der Waals surface area contributed by atoms with Crippen molar-refractivity contribution in [1.29, 1.82) is 0 Å². The maximum absolute atomic E-state index is 13.1. The Morgan fingerprint density at radius 3 is 1.20 bits per heavy atom. The molecule has 0 unspecified atom stereocenters. The number of allylic oxidation sites excluding steroid dienone is 2. The van der Waals surface area contributed by atoms with Crippen LogP contribution in [0.15, 0.2) is 12.2 Å². The zero-order valence-corrected chi connectivity index (χ0v) is 16.4. The van der Waals surface area contributed by atoms with Crippen molar-refractivity contribution >= 4 is 35.6 Å². The topological polar surface area (TPSA) is 149 Å². The molecule has 3 aliphatic carbocycles. The fourth-order valence-electron chi connectivity index (χ4n) is 5.82. The standard InChI is InChI=1S/C20H22N2O8/c1-3-9(19(27)28)21-15(23)11-7-5-6-8(12(11)16(21)24)14-13(7)17(25)22(18(14)26)10(4-2)20(29)30/h5-14H,3-4H2,1-2H3,(H,27,28)(H,29,30)/t7?,8?,9-,10-,11-,12+,13-,14+/m0/s1. The van der Waals surface area contributed by atoms with Gasteiger partial charge in [0.2, 0.25) is 23.6 Å². The Bertz CT molecular complexity index is 794. The lowest BCUT2D eigenvalue weighted by atomic mass is 9.54. The molecule has 160 valence electrons. The van der Waals surface area contributed by atoms with Crippen LogP contribution in [0.2, 0.25) is 0 Å². The molecular weight excluding hydrogens is 396 g/mol. The van der Waals surface area contributed by atoms with Crippen molar-refractivity contribution in [3.63, 3.8) is 0 Å². The van der Waals surface area contributed by atoms with Gasteiger partial charge < -0.3 is 10.2 Å². The highest BCUT2D eigenvalue weighted by Gasteiger charge is 2.69. The third kappa shape index (κ3) is 2.36. The Kier molecular flexibility index (Phi) is 4.55. The lowest BCUT2D eigenvalue weighted by Crippen LogP contribution is -2.50. The van der Waals surface area contributed by atoms with Crippen molar-refractivity contribution in [2.75, 3.05) is 0 Å². The Hall–Kier alpha value is -3.04. The lowest BCUT2D eigenvalue weighted by molar-refractivity contribution is -0.156. The lowest BCUT2D eigenvalue weighted by Gasteiger charge is -2.44. The first-order valence-electron chi connectivity index (χ1n) is 10.0. The molecule has 0 aromatic heterocycles. The number of rotatable bonds is 6. The van der Waals surface area contributed by atoms with E-state index in [1.807, 2.05) is 0 Å². The molecule has 0 aromatic carbocycles. The molecule has 2 bridgehead atoms. The van der Waals surface area contributed by atoms with Gasteiger partial charge in [0.25, 0.3) is 0 Å². The number of aliphatic carboxylic acids is 2. The van der Waals surface area contributed by atoms with E-state index in [0.717, 1.165) is 9.80 Å². The van der Waals surface area contributed by atoms with Crippen molar-refractivity contribution in [3.8, 4) is 0 Å². The molecule has 0 aromatic rings. The van der Waals surface area contributed by atoms with E-state index in [1.54, 1.807) is 26.0 Å². The van der Waals surface area contributed by atoms with Gasteiger partial charge in [-0.25, -0.2) is 9.59 Å². The minimum Gasteiger partial charge on any atom is -0.480 e. The van der Waals surface area contributed by atoms with Crippen LogP contribution < -0.4 is 0 Å². The maximum Gasteiger partial charge on any atom is 0.326 e. The molecule has 3 fully saturated rings. The van der Waals surface area contributed by atoms with E-state index in [2.05, 4.69) is 0 Å². The average molecular weight is 418 g/mol. The number of carboxylic acid groups (broad SMARTS) is 2. The first-order chi connectivity index (χ1) is 14.2. The van der Waals surface area contributed by atoms with Gasteiger partial charge in [-0.1, -0.05) is 26.0 Å². The normalized spacial score (nSPS) is 36.2. The summed E-state index contributed by atoms with van der Waals surface area (Å²) in [6, 6.07) is -2.59. The predicted octanol–water partition coefficient (Wildman–Crippen LogP) is -0.269. The number of carbonyl (C=O) groups is 6. The number of carbonyl (C=O) groups excluding carboxylic acids is 4. The van der Waals surface area contributed by atoms with Crippen LogP contribution in [0.3, 0.4) is 0 Å². The van der Waals surface area contributed by atoms with Crippen LogP contribution in [0.1, 0.15) is 26.7 Å². The number of likely N-dealkylation sites (tertiary alicyclic amines) is 2. The second kappa shape index (κ2) is 6.75. The Morgan fingerprint density at radius 1 is 0.733 bits per heavy atom. The molecule has 5 rings (SSSR count). The minimum atomic E-state index is -1.30. The van der Waals surface area contributed by atoms with Gasteiger partial charge in [-0.3, -0.25) is 29.0 Å². The molecule has 2 saturated heterocycles. The van der Waals surface area contributed by atoms with Crippen molar-refractivity contribution < 1.29 is 39.0 Å². The van der Waals surface area contributed by atoms with E-state index in [1.165, 1.54) is 0 Å². The van der Waals surface area contributed by atoms with Crippen LogP contribution in [-0.4, -0.2) is 67.7 Å². The largest absolute Gasteiger partial charge is 0.480 e. The van der Waals surface area contributed by atoms with Crippen molar-refractivity contribution in [3.05, 3.63) is 12.2 Å². The van der Waals surface area contributed by atoms with Crippen LogP contribution >= 0.6 is 0 Å². The first kappa shape index (κ1) is 20.2. The summed E-state index contributed by atoms with van der Waals surface area (Å²) in [7, 11) is 0. The molecular formula is C20H22N2O8. The Labute approximate surface area is 171 Å². The molecule has 1 saturated carbocycles. The number of amides is 4. The second-order valence-corrected chi connectivity index (χ2v) is 8.26. The molecule has 2 heterocycles. The first-order valence-corrected chi connectivity index (χ1v) is 10.0. The average Bonchev–Trinajstić information content (AvgIpc) is 3.12. The number of imide groups is 2. The van der Waals surface area contributed by atoms with Crippen molar-refractivity contribution in [2.45, 2.75) is 38.8 Å². The highest BCUT2D eigenvalue weighted by molar-refractivity contribution is 6.13. The zero-order valence-electron chi connectivity index (χ0n) is 16.4. The van der Waals surface area contributed by atoms with Crippen molar-refractivity contribution in [2.24, 2.45) is 35.5 Å².